The van der Waals surface area contributed by atoms with E-state index in [2.05, 4.69) is 44.3 Å². The molecule has 7 heteroatoms. The van der Waals surface area contributed by atoms with Gasteiger partial charge in [0, 0.05) is 37.6 Å². The number of aliphatic imine (C=N–C) groups is 1. The number of rotatable bonds is 4. The predicted molar refractivity (Wildman–Crippen MR) is 102 cm³/mol. The minimum atomic E-state index is -0.460. The quantitative estimate of drug-likeness (QED) is 0.884. The van der Waals surface area contributed by atoms with Gasteiger partial charge >= 0.3 is 0 Å². The number of fused-ring (bicyclic) bond motifs is 1. The summed E-state index contributed by atoms with van der Waals surface area (Å²) in [6, 6.07) is 6.28. The molecule has 3 heterocycles. The van der Waals surface area contributed by atoms with Gasteiger partial charge in [-0.05, 0) is 29.2 Å². The second-order valence-corrected chi connectivity index (χ2v) is 7.13. The molecular formula is C19H23FN6. The number of hydrogen-bond acceptors (Lipinski definition) is 6. The lowest BCUT2D eigenvalue weighted by atomic mass is 10.0. The standard InChI is InChI=1S/C19H23FN6/c1-12(2)17-11-26(6-5-22-17)19-23-10-16(20)18(25-19)24-15-4-3-13-8-21-9-14(13)7-15/h3-4,7,9-10,12,17,22H,5-6,8,11H2,1-2H3,(H,23,24,25). The zero-order chi connectivity index (χ0) is 18.1. The summed E-state index contributed by atoms with van der Waals surface area (Å²) in [5.74, 6) is 0.815. The summed E-state index contributed by atoms with van der Waals surface area (Å²) >= 11 is 0. The molecular weight excluding hydrogens is 331 g/mol. The fourth-order valence-corrected chi connectivity index (χ4v) is 3.32. The molecule has 1 unspecified atom stereocenters. The van der Waals surface area contributed by atoms with Crippen LogP contribution in [0.1, 0.15) is 25.0 Å². The van der Waals surface area contributed by atoms with Gasteiger partial charge in [0.05, 0.1) is 12.7 Å². The first-order chi connectivity index (χ1) is 12.6. The highest BCUT2D eigenvalue weighted by molar-refractivity contribution is 5.86. The molecule has 0 spiro atoms. The summed E-state index contributed by atoms with van der Waals surface area (Å²) < 4.78 is 14.3. The Hall–Kier alpha value is -2.54. The molecule has 0 saturated carbocycles. The Morgan fingerprint density at radius 2 is 2.23 bits per heavy atom. The summed E-state index contributed by atoms with van der Waals surface area (Å²) in [4.78, 5) is 15.0. The van der Waals surface area contributed by atoms with Crippen LogP contribution in [0.3, 0.4) is 0 Å². The summed E-state index contributed by atoms with van der Waals surface area (Å²) in [5.41, 5.74) is 3.03. The molecule has 0 radical (unpaired) electrons. The molecule has 6 nitrogen and oxygen atoms in total. The van der Waals surface area contributed by atoms with E-state index in [1.165, 1.54) is 11.8 Å². The number of nitrogens with zero attached hydrogens (tertiary/aromatic N) is 4. The number of hydrogen-bond donors (Lipinski definition) is 2. The van der Waals surface area contributed by atoms with Crippen molar-refractivity contribution in [2.24, 2.45) is 10.9 Å². The number of anilines is 3. The van der Waals surface area contributed by atoms with Crippen LogP contribution in [0.5, 0.6) is 0 Å². The van der Waals surface area contributed by atoms with Crippen LogP contribution in [0.25, 0.3) is 0 Å². The van der Waals surface area contributed by atoms with Crippen molar-refractivity contribution < 1.29 is 4.39 Å². The highest BCUT2D eigenvalue weighted by Crippen LogP contribution is 2.24. The Morgan fingerprint density at radius 1 is 1.35 bits per heavy atom. The van der Waals surface area contributed by atoms with Gasteiger partial charge in [-0.3, -0.25) is 4.99 Å². The van der Waals surface area contributed by atoms with Crippen molar-refractivity contribution in [2.45, 2.75) is 26.4 Å². The number of piperazine rings is 1. The van der Waals surface area contributed by atoms with Crippen LogP contribution in [0.15, 0.2) is 29.4 Å². The van der Waals surface area contributed by atoms with E-state index in [1.54, 1.807) is 0 Å². The van der Waals surface area contributed by atoms with Gasteiger partial charge in [-0.1, -0.05) is 19.9 Å². The average Bonchev–Trinajstić information content (AvgIpc) is 3.11. The zero-order valence-electron chi connectivity index (χ0n) is 15.0. The number of nitrogens with one attached hydrogen (secondary N) is 2. The second kappa shape index (κ2) is 6.99. The van der Waals surface area contributed by atoms with Crippen molar-refractivity contribution in [3.8, 4) is 0 Å². The third kappa shape index (κ3) is 3.39. The molecule has 26 heavy (non-hydrogen) atoms. The zero-order valence-corrected chi connectivity index (χ0v) is 15.0. The van der Waals surface area contributed by atoms with E-state index in [9.17, 15) is 4.39 Å². The monoisotopic (exact) mass is 354 g/mol. The Labute approximate surface area is 152 Å². The van der Waals surface area contributed by atoms with E-state index in [0.29, 0.717) is 24.5 Å². The molecule has 4 rings (SSSR count). The summed E-state index contributed by atoms with van der Waals surface area (Å²) in [6.45, 7) is 7.59. The Bertz CT molecular complexity index is 835. The van der Waals surface area contributed by atoms with Gasteiger partial charge in [0.25, 0.3) is 0 Å². The lowest BCUT2D eigenvalue weighted by molar-refractivity contribution is 0.366. The maximum absolute atomic E-state index is 14.3. The first-order valence-corrected chi connectivity index (χ1v) is 9.01. The largest absolute Gasteiger partial charge is 0.338 e. The van der Waals surface area contributed by atoms with Crippen LogP contribution >= 0.6 is 0 Å². The third-order valence-electron chi connectivity index (χ3n) is 4.92. The van der Waals surface area contributed by atoms with E-state index in [4.69, 9.17) is 0 Å². The number of halogens is 1. The predicted octanol–water partition coefficient (Wildman–Crippen LogP) is 2.73. The van der Waals surface area contributed by atoms with Crippen LogP contribution in [-0.4, -0.2) is 41.9 Å². The van der Waals surface area contributed by atoms with E-state index >= 15 is 0 Å². The van der Waals surface area contributed by atoms with E-state index in [-0.39, 0.29) is 5.82 Å². The number of benzene rings is 1. The van der Waals surface area contributed by atoms with Crippen molar-refractivity contribution in [3.63, 3.8) is 0 Å². The number of aromatic nitrogens is 2. The molecule has 0 aliphatic carbocycles. The van der Waals surface area contributed by atoms with Gasteiger partial charge in [-0.25, -0.2) is 9.37 Å². The van der Waals surface area contributed by atoms with Gasteiger partial charge in [0.1, 0.15) is 0 Å². The highest BCUT2D eigenvalue weighted by Gasteiger charge is 2.24. The first kappa shape index (κ1) is 16.9. The van der Waals surface area contributed by atoms with Crippen LogP contribution < -0.4 is 15.5 Å². The van der Waals surface area contributed by atoms with E-state index in [1.807, 2.05) is 24.4 Å². The van der Waals surface area contributed by atoms with Gasteiger partial charge in [-0.2, -0.15) is 4.98 Å². The molecule has 2 aliphatic heterocycles. The van der Waals surface area contributed by atoms with E-state index < -0.39 is 5.82 Å². The minimum Gasteiger partial charge on any atom is -0.338 e. The lowest BCUT2D eigenvalue weighted by Crippen LogP contribution is -2.53. The maximum atomic E-state index is 14.3. The topological polar surface area (TPSA) is 65.4 Å². The molecule has 2 aliphatic rings. The molecule has 136 valence electrons. The van der Waals surface area contributed by atoms with Crippen molar-refractivity contribution in [2.75, 3.05) is 29.9 Å². The summed E-state index contributed by atoms with van der Waals surface area (Å²) in [5, 5.41) is 6.59. The molecule has 1 atom stereocenters. The Kier molecular flexibility index (Phi) is 4.55. The molecule has 1 aromatic heterocycles. The lowest BCUT2D eigenvalue weighted by Gasteiger charge is -2.35. The average molecular weight is 354 g/mol. The summed E-state index contributed by atoms with van der Waals surface area (Å²) in [7, 11) is 0. The Balaban J connectivity index is 1.55. The molecule has 1 saturated heterocycles. The van der Waals surface area contributed by atoms with E-state index in [0.717, 1.165) is 30.9 Å². The SMILES string of the molecule is CC(C)C1CN(c2ncc(F)c(Nc3ccc4c(c3)C=NC4)n2)CCN1. The molecule has 2 aromatic rings. The van der Waals surface area contributed by atoms with Gasteiger partial charge in [0.2, 0.25) is 5.95 Å². The first-order valence-electron chi connectivity index (χ1n) is 9.01. The normalized spacial score (nSPS) is 19.1. The highest BCUT2D eigenvalue weighted by atomic mass is 19.1. The van der Waals surface area contributed by atoms with Crippen molar-refractivity contribution in [1.29, 1.82) is 0 Å². The molecule has 2 N–H and O–H groups in total. The second-order valence-electron chi connectivity index (χ2n) is 7.13. The van der Waals surface area contributed by atoms with Crippen molar-refractivity contribution in [1.82, 2.24) is 15.3 Å². The fraction of sp³-hybridized carbons (Fsp3) is 0.421. The van der Waals surface area contributed by atoms with Crippen LogP contribution in [0.4, 0.5) is 21.8 Å². The van der Waals surface area contributed by atoms with Gasteiger partial charge < -0.3 is 15.5 Å². The van der Waals surface area contributed by atoms with Crippen molar-refractivity contribution in [3.05, 3.63) is 41.3 Å². The van der Waals surface area contributed by atoms with Gasteiger partial charge in [0.15, 0.2) is 11.6 Å². The molecule has 0 amide bonds. The van der Waals surface area contributed by atoms with Gasteiger partial charge in [-0.15, -0.1) is 0 Å². The minimum absolute atomic E-state index is 0.199. The van der Waals surface area contributed by atoms with Crippen molar-refractivity contribution >= 4 is 23.7 Å². The van der Waals surface area contributed by atoms with Crippen LogP contribution in [0.2, 0.25) is 0 Å². The van der Waals surface area contributed by atoms with Crippen LogP contribution in [0, 0.1) is 11.7 Å². The maximum Gasteiger partial charge on any atom is 0.227 e. The Morgan fingerprint density at radius 3 is 3.08 bits per heavy atom. The molecule has 0 bridgehead atoms. The molecule has 1 fully saturated rings. The third-order valence-corrected chi connectivity index (χ3v) is 4.92. The molecule has 1 aromatic carbocycles. The smallest absolute Gasteiger partial charge is 0.227 e. The van der Waals surface area contributed by atoms with Crippen LogP contribution in [-0.2, 0) is 6.54 Å². The summed E-state index contributed by atoms with van der Waals surface area (Å²) in [6.07, 6.45) is 3.08. The fourth-order valence-electron chi connectivity index (χ4n) is 3.32.